The Balaban J connectivity index is 1.65. The first-order valence-corrected chi connectivity index (χ1v) is 9.49. The fraction of sp³-hybridized carbons (Fsp3) is 0.579. The van der Waals surface area contributed by atoms with E-state index in [-0.39, 0.29) is 17.5 Å². The number of hydrogen-bond donors (Lipinski definition) is 1. The Labute approximate surface area is 159 Å². The van der Waals surface area contributed by atoms with E-state index in [2.05, 4.69) is 10.2 Å². The molecule has 148 valence electrons. The Hall–Kier alpha value is -2.64. The first kappa shape index (κ1) is 20.7. The fourth-order valence-corrected chi connectivity index (χ4v) is 3.20. The average Bonchev–Trinajstić information content (AvgIpc) is 2.70. The lowest BCUT2D eigenvalue weighted by molar-refractivity contribution is -0.384. The van der Waals surface area contributed by atoms with E-state index in [1.165, 1.54) is 12.1 Å². The van der Waals surface area contributed by atoms with Crippen molar-refractivity contribution in [1.29, 1.82) is 0 Å². The molecule has 0 unspecified atom stereocenters. The van der Waals surface area contributed by atoms with Crippen molar-refractivity contribution < 1.29 is 14.5 Å². The predicted molar refractivity (Wildman–Crippen MR) is 104 cm³/mol. The molecule has 1 saturated heterocycles. The van der Waals surface area contributed by atoms with Crippen LogP contribution in [0.2, 0.25) is 0 Å². The molecule has 1 heterocycles. The van der Waals surface area contributed by atoms with Crippen molar-refractivity contribution in [2.75, 3.05) is 38.1 Å². The van der Waals surface area contributed by atoms with Crippen LogP contribution < -0.4 is 10.2 Å². The van der Waals surface area contributed by atoms with Gasteiger partial charge in [-0.1, -0.05) is 12.8 Å². The summed E-state index contributed by atoms with van der Waals surface area (Å²) in [5.41, 5.74) is 1.03. The van der Waals surface area contributed by atoms with Crippen LogP contribution in [0.4, 0.5) is 11.4 Å². The number of unbranched alkanes of at least 4 members (excludes halogenated alkanes) is 3. The number of rotatable bonds is 9. The molecule has 1 N–H and O–H groups in total. The zero-order valence-corrected chi connectivity index (χ0v) is 15.9. The maximum Gasteiger partial charge on any atom is 0.269 e. The summed E-state index contributed by atoms with van der Waals surface area (Å²) in [5, 5.41) is 13.3. The summed E-state index contributed by atoms with van der Waals surface area (Å²) < 4.78 is 0. The minimum absolute atomic E-state index is 0.0666. The quantitative estimate of drug-likeness (QED) is 0.405. The van der Waals surface area contributed by atoms with E-state index >= 15 is 0 Å². The van der Waals surface area contributed by atoms with Crippen LogP contribution in [-0.4, -0.2) is 54.9 Å². The van der Waals surface area contributed by atoms with Gasteiger partial charge in [0.25, 0.3) is 5.69 Å². The van der Waals surface area contributed by atoms with Gasteiger partial charge in [0.1, 0.15) is 0 Å². The monoisotopic (exact) mass is 376 g/mol. The summed E-state index contributed by atoms with van der Waals surface area (Å²) in [4.78, 5) is 37.8. The van der Waals surface area contributed by atoms with Gasteiger partial charge in [-0.15, -0.1) is 0 Å². The van der Waals surface area contributed by atoms with Crippen LogP contribution in [0.1, 0.15) is 38.5 Å². The maximum absolute atomic E-state index is 12.3. The van der Waals surface area contributed by atoms with E-state index in [1.54, 1.807) is 19.2 Å². The minimum Gasteiger partial charge on any atom is -0.368 e. The van der Waals surface area contributed by atoms with Crippen molar-refractivity contribution >= 4 is 23.2 Å². The van der Waals surface area contributed by atoms with Gasteiger partial charge in [-0.2, -0.15) is 0 Å². The van der Waals surface area contributed by atoms with Gasteiger partial charge in [-0.25, -0.2) is 0 Å². The summed E-state index contributed by atoms with van der Waals surface area (Å²) in [7, 11) is 1.64. The largest absolute Gasteiger partial charge is 0.368 e. The van der Waals surface area contributed by atoms with Gasteiger partial charge in [0.15, 0.2) is 0 Å². The number of nitrogens with one attached hydrogen (secondary N) is 1. The molecule has 1 aliphatic rings. The minimum atomic E-state index is -0.404. The highest BCUT2D eigenvalue weighted by Gasteiger charge is 2.21. The number of carbonyl (C=O) groups excluding carboxylic acids is 2. The zero-order valence-electron chi connectivity index (χ0n) is 15.9. The molecule has 0 radical (unpaired) electrons. The van der Waals surface area contributed by atoms with Crippen LogP contribution in [0.5, 0.6) is 0 Å². The number of nitrogens with zero attached hydrogens (tertiary/aromatic N) is 3. The summed E-state index contributed by atoms with van der Waals surface area (Å²) >= 11 is 0. The van der Waals surface area contributed by atoms with Crippen molar-refractivity contribution in [3.8, 4) is 0 Å². The Morgan fingerprint density at radius 2 is 1.59 bits per heavy atom. The van der Waals surface area contributed by atoms with E-state index in [0.29, 0.717) is 25.9 Å². The molecule has 8 heteroatoms. The second-order valence-corrected chi connectivity index (χ2v) is 6.73. The molecule has 27 heavy (non-hydrogen) atoms. The second-order valence-electron chi connectivity index (χ2n) is 6.73. The number of amides is 2. The van der Waals surface area contributed by atoms with Gasteiger partial charge in [0.2, 0.25) is 11.8 Å². The zero-order chi connectivity index (χ0) is 19.6. The molecule has 0 spiro atoms. The number of piperazine rings is 1. The molecule has 0 saturated carbocycles. The lowest BCUT2D eigenvalue weighted by Crippen LogP contribution is -2.48. The number of nitro benzene ring substituents is 1. The van der Waals surface area contributed by atoms with Crippen molar-refractivity contribution in [3.05, 3.63) is 34.4 Å². The van der Waals surface area contributed by atoms with Gasteiger partial charge in [-0.3, -0.25) is 19.7 Å². The molecule has 1 aliphatic heterocycles. The van der Waals surface area contributed by atoms with Crippen molar-refractivity contribution in [2.24, 2.45) is 0 Å². The van der Waals surface area contributed by atoms with Crippen LogP contribution in [0.25, 0.3) is 0 Å². The molecule has 2 amide bonds. The Morgan fingerprint density at radius 1 is 1.00 bits per heavy atom. The van der Waals surface area contributed by atoms with Crippen LogP contribution in [0.3, 0.4) is 0 Å². The number of anilines is 1. The highest BCUT2D eigenvalue weighted by molar-refractivity contribution is 5.76. The SMILES string of the molecule is CNC(=O)CCCCCCC(=O)N1CCN(c2ccc([N+](=O)[O-])cc2)CC1. The average molecular weight is 376 g/mol. The Kier molecular flexibility index (Phi) is 8.03. The van der Waals surface area contributed by atoms with E-state index < -0.39 is 4.92 Å². The molecular formula is C19H28N4O4. The second kappa shape index (κ2) is 10.5. The number of carbonyl (C=O) groups is 2. The molecular weight excluding hydrogens is 348 g/mol. The molecule has 2 rings (SSSR count). The first-order valence-electron chi connectivity index (χ1n) is 9.49. The molecule has 0 aromatic heterocycles. The predicted octanol–water partition coefficient (Wildman–Crippen LogP) is 2.33. The van der Waals surface area contributed by atoms with E-state index in [0.717, 1.165) is 44.5 Å². The summed E-state index contributed by atoms with van der Waals surface area (Å²) in [6.07, 6.45) is 4.75. The third-order valence-corrected chi connectivity index (χ3v) is 4.88. The first-order chi connectivity index (χ1) is 13.0. The van der Waals surface area contributed by atoms with E-state index in [9.17, 15) is 19.7 Å². The van der Waals surface area contributed by atoms with Gasteiger partial charge in [-0.05, 0) is 25.0 Å². The number of benzene rings is 1. The molecule has 1 aromatic rings. The molecule has 0 atom stereocenters. The Morgan fingerprint density at radius 3 is 2.15 bits per heavy atom. The summed E-state index contributed by atoms with van der Waals surface area (Å²) in [6.45, 7) is 2.81. The molecule has 0 aliphatic carbocycles. The summed E-state index contributed by atoms with van der Waals surface area (Å²) in [6, 6.07) is 6.54. The van der Waals surface area contributed by atoms with Gasteiger partial charge in [0, 0.05) is 63.9 Å². The lowest BCUT2D eigenvalue weighted by atomic mass is 10.1. The topological polar surface area (TPSA) is 95.8 Å². The highest BCUT2D eigenvalue weighted by Crippen LogP contribution is 2.21. The van der Waals surface area contributed by atoms with Crippen molar-refractivity contribution in [2.45, 2.75) is 38.5 Å². The highest BCUT2D eigenvalue weighted by atomic mass is 16.6. The third-order valence-electron chi connectivity index (χ3n) is 4.88. The normalized spacial score (nSPS) is 14.1. The lowest BCUT2D eigenvalue weighted by Gasteiger charge is -2.36. The Bertz CT molecular complexity index is 640. The molecule has 1 aromatic carbocycles. The number of nitro groups is 1. The summed E-state index contributed by atoms with van der Waals surface area (Å²) in [5.74, 6) is 0.251. The maximum atomic E-state index is 12.3. The van der Waals surface area contributed by atoms with Crippen LogP contribution >= 0.6 is 0 Å². The number of hydrogen-bond acceptors (Lipinski definition) is 5. The third kappa shape index (κ3) is 6.54. The van der Waals surface area contributed by atoms with Gasteiger partial charge >= 0.3 is 0 Å². The number of non-ortho nitro benzene ring substituents is 1. The molecule has 0 bridgehead atoms. The molecule has 8 nitrogen and oxygen atoms in total. The fourth-order valence-electron chi connectivity index (χ4n) is 3.20. The van der Waals surface area contributed by atoms with Crippen molar-refractivity contribution in [1.82, 2.24) is 10.2 Å². The standard InChI is InChI=1S/C19H28N4O4/c1-20-18(24)6-4-2-3-5-7-19(25)22-14-12-21(13-15-22)16-8-10-17(11-9-16)23(26)27/h8-11H,2-7,12-15H2,1H3,(H,20,24). The van der Waals surface area contributed by atoms with Crippen LogP contribution in [-0.2, 0) is 9.59 Å². The van der Waals surface area contributed by atoms with E-state index in [1.807, 2.05) is 4.90 Å². The molecule has 1 fully saturated rings. The smallest absolute Gasteiger partial charge is 0.269 e. The van der Waals surface area contributed by atoms with E-state index in [4.69, 9.17) is 0 Å². The van der Waals surface area contributed by atoms with Crippen LogP contribution in [0, 0.1) is 10.1 Å². The van der Waals surface area contributed by atoms with Crippen molar-refractivity contribution in [3.63, 3.8) is 0 Å². The van der Waals surface area contributed by atoms with Crippen LogP contribution in [0.15, 0.2) is 24.3 Å². The van der Waals surface area contributed by atoms with Gasteiger partial charge < -0.3 is 15.1 Å². The van der Waals surface area contributed by atoms with Gasteiger partial charge in [0.05, 0.1) is 4.92 Å².